The minimum atomic E-state index is -0.514. The molecule has 0 aromatic heterocycles. The molecule has 1 aromatic rings. The zero-order valence-corrected chi connectivity index (χ0v) is 19.0. The first-order chi connectivity index (χ1) is 13.8. The van der Waals surface area contributed by atoms with Gasteiger partial charge in [0.1, 0.15) is 11.7 Å². The fraction of sp³-hybridized carbons (Fsp3) is 0.636. The number of amides is 1. The summed E-state index contributed by atoms with van der Waals surface area (Å²) in [6, 6.07) is 7.94. The lowest BCUT2D eigenvalue weighted by Gasteiger charge is -2.32. The van der Waals surface area contributed by atoms with Gasteiger partial charge < -0.3 is 24.3 Å². The van der Waals surface area contributed by atoms with E-state index in [0.29, 0.717) is 18.7 Å². The molecule has 0 radical (unpaired) electrons. The highest BCUT2D eigenvalue weighted by Crippen LogP contribution is 2.36. The van der Waals surface area contributed by atoms with Gasteiger partial charge in [0.25, 0.3) is 0 Å². The highest BCUT2D eigenvalue weighted by atomic mass is 16.7. The number of hydrogen-bond acceptors (Lipinski definition) is 6. The van der Waals surface area contributed by atoms with E-state index in [2.05, 4.69) is 11.4 Å². The number of nitrogens with zero attached hydrogens (tertiary/aromatic N) is 2. The predicted molar refractivity (Wildman–Crippen MR) is 117 cm³/mol. The second kappa shape index (κ2) is 7.79. The summed E-state index contributed by atoms with van der Waals surface area (Å²) in [7, 11) is -0.509. The first-order valence-electron chi connectivity index (χ1n) is 10.5. The zero-order chi connectivity index (χ0) is 22.3. The van der Waals surface area contributed by atoms with E-state index >= 15 is 0 Å². The van der Waals surface area contributed by atoms with E-state index in [9.17, 15) is 10.1 Å². The average molecular weight is 413 g/mol. The quantitative estimate of drug-likeness (QED) is 0.766. The maximum absolute atomic E-state index is 12.3. The number of likely N-dealkylation sites (tertiary alicyclic amines) is 1. The Labute approximate surface area is 179 Å². The van der Waals surface area contributed by atoms with Crippen molar-refractivity contribution in [1.29, 1.82) is 5.26 Å². The van der Waals surface area contributed by atoms with Gasteiger partial charge >= 0.3 is 13.2 Å². The molecule has 8 heteroatoms. The van der Waals surface area contributed by atoms with Gasteiger partial charge in [-0.25, -0.2) is 4.79 Å². The van der Waals surface area contributed by atoms with E-state index in [4.69, 9.17) is 14.0 Å². The van der Waals surface area contributed by atoms with E-state index < -0.39 is 23.9 Å². The van der Waals surface area contributed by atoms with Gasteiger partial charge in [-0.3, -0.25) is 0 Å². The van der Waals surface area contributed by atoms with Crippen LogP contribution < -0.4 is 10.8 Å². The largest absolute Gasteiger partial charge is 0.494 e. The van der Waals surface area contributed by atoms with Crippen LogP contribution in [0.3, 0.4) is 0 Å². The van der Waals surface area contributed by atoms with Crippen molar-refractivity contribution >= 4 is 24.4 Å². The normalized spacial score (nSPS) is 22.7. The first-order valence-corrected chi connectivity index (χ1v) is 10.5. The van der Waals surface area contributed by atoms with Crippen LogP contribution in [0.5, 0.6) is 0 Å². The van der Waals surface area contributed by atoms with Gasteiger partial charge in [0, 0.05) is 19.1 Å². The second-order valence-corrected chi connectivity index (χ2v) is 10.1. The molecule has 1 atom stereocenters. The van der Waals surface area contributed by atoms with Crippen LogP contribution in [-0.2, 0) is 14.0 Å². The predicted octanol–water partition coefficient (Wildman–Crippen LogP) is 3.28. The third-order valence-electron chi connectivity index (χ3n) is 5.89. The lowest BCUT2D eigenvalue weighted by Crippen LogP contribution is -2.41. The van der Waals surface area contributed by atoms with Gasteiger partial charge in [0.2, 0.25) is 0 Å². The van der Waals surface area contributed by atoms with Gasteiger partial charge in [-0.15, -0.1) is 0 Å². The molecule has 1 N–H and O–H groups in total. The van der Waals surface area contributed by atoms with Crippen LogP contribution in [-0.4, -0.2) is 54.0 Å². The van der Waals surface area contributed by atoms with Crippen molar-refractivity contribution < 1.29 is 18.8 Å². The first kappa shape index (κ1) is 22.5. The Morgan fingerprint density at radius 3 is 2.47 bits per heavy atom. The van der Waals surface area contributed by atoms with Crippen molar-refractivity contribution in [3.8, 4) is 6.07 Å². The molecule has 2 fully saturated rings. The molecule has 2 heterocycles. The molecule has 7 nitrogen and oxygen atoms in total. The summed E-state index contributed by atoms with van der Waals surface area (Å²) in [6.07, 6.45) is 0.492. The Morgan fingerprint density at radius 2 is 1.90 bits per heavy atom. The van der Waals surface area contributed by atoms with Crippen LogP contribution in [0.4, 0.5) is 10.5 Å². The van der Waals surface area contributed by atoms with Crippen molar-refractivity contribution in [2.45, 2.75) is 77.7 Å². The summed E-state index contributed by atoms with van der Waals surface area (Å²) in [4.78, 5) is 14.0. The van der Waals surface area contributed by atoms with Crippen molar-refractivity contribution in [2.24, 2.45) is 0 Å². The molecule has 1 aromatic carbocycles. The zero-order valence-electron chi connectivity index (χ0n) is 19.0. The molecule has 1 amide bonds. The molecule has 2 aliphatic rings. The van der Waals surface area contributed by atoms with E-state index in [-0.39, 0.29) is 12.1 Å². The summed E-state index contributed by atoms with van der Waals surface area (Å²) >= 11 is 0. The Balaban J connectivity index is 1.67. The van der Waals surface area contributed by atoms with Crippen LogP contribution in [0.25, 0.3) is 0 Å². The monoisotopic (exact) mass is 413 g/mol. The molecule has 0 bridgehead atoms. The highest BCUT2D eigenvalue weighted by Gasteiger charge is 2.51. The SMILES string of the molecule is CC(C)(C)OC(=O)N1CCC(Nc2ccc(B3OC(C)(C)C(C)(C)O3)cc2C#N)C1. The molecule has 2 aliphatic heterocycles. The number of carbonyl (C=O) groups excluding carboxylic acids is 1. The third-order valence-corrected chi connectivity index (χ3v) is 5.89. The smallest absolute Gasteiger partial charge is 0.444 e. The molecule has 1 unspecified atom stereocenters. The second-order valence-electron chi connectivity index (χ2n) is 10.1. The number of rotatable bonds is 3. The molecule has 30 heavy (non-hydrogen) atoms. The van der Waals surface area contributed by atoms with Crippen molar-refractivity contribution in [1.82, 2.24) is 4.90 Å². The van der Waals surface area contributed by atoms with Crippen molar-refractivity contribution in [2.75, 3.05) is 18.4 Å². The Bertz CT molecular complexity index is 841. The fourth-order valence-corrected chi connectivity index (χ4v) is 3.50. The fourth-order valence-electron chi connectivity index (χ4n) is 3.50. The van der Waals surface area contributed by atoms with Gasteiger partial charge in [0.15, 0.2) is 0 Å². The number of anilines is 1. The minimum absolute atomic E-state index is 0.0623. The highest BCUT2D eigenvalue weighted by molar-refractivity contribution is 6.62. The third kappa shape index (κ3) is 4.74. The van der Waals surface area contributed by atoms with Crippen LogP contribution in [0.2, 0.25) is 0 Å². The molecule has 2 saturated heterocycles. The molecule has 0 aliphatic carbocycles. The van der Waals surface area contributed by atoms with Gasteiger partial charge in [-0.1, -0.05) is 6.07 Å². The molecular weight excluding hydrogens is 381 g/mol. The van der Waals surface area contributed by atoms with E-state index in [1.807, 2.05) is 66.7 Å². The molecule has 162 valence electrons. The summed E-state index contributed by atoms with van der Waals surface area (Å²) in [5.41, 5.74) is 0.705. The lowest BCUT2D eigenvalue weighted by atomic mass is 9.78. The molecular formula is C22H32BN3O4. The average Bonchev–Trinajstić information content (AvgIpc) is 3.16. The maximum Gasteiger partial charge on any atom is 0.494 e. The maximum atomic E-state index is 12.3. The number of nitrogens with one attached hydrogen (secondary N) is 1. The topological polar surface area (TPSA) is 83.8 Å². The van der Waals surface area contributed by atoms with E-state index in [1.165, 1.54) is 0 Å². The van der Waals surface area contributed by atoms with Crippen molar-refractivity contribution in [3.05, 3.63) is 23.8 Å². The van der Waals surface area contributed by atoms with Crippen LogP contribution in [0.1, 0.15) is 60.5 Å². The lowest BCUT2D eigenvalue weighted by molar-refractivity contribution is 0.00578. The van der Waals surface area contributed by atoms with E-state index in [1.54, 1.807) is 4.90 Å². The standard InChI is InChI=1S/C22H32BN3O4/c1-20(2,3)28-19(27)26-11-10-17(14-26)25-18-9-8-16(12-15(18)13-24)23-29-21(4,5)22(6,7)30-23/h8-9,12,17,25H,10-11,14H2,1-7H3. The summed E-state index contributed by atoms with van der Waals surface area (Å²) in [5.74, 6) is 0. The van der Waals surface area contributed by atoms with Crippen LogP contribution >= 0.6 is 0 Å². The number of ether oxygens (including phenoxy) is 1. The summed E-state index contributed by atoms with van der Waals surface area (Å²) < 4.78 is 17.6. The molecule has 0 spiro atoms. The minimum Gasteiger partial charge on any atom is -0.444 e. The van der Waals surface area contributed by atoms with Gasteiger partial charge in [0.05, 0.1) is 22.5 Å². The van der Waals surface area contributed by atoms with E-state index in [0.717, 1.165) is 17.6 Å². The Hall–Kier alpha value is -2.24. The number of hydrogen-bond donors (Lipinski definition) is 1. The number of benzene rings is 1. The van der Waals surface area contributed by atoms with Crippen LogP contribution in [0.15, 0.2) is 18.2 Å². The Kier molecular flexibility index (Phi) is 5.83. The van der Waals surface area contributed by atoms with Crippen molar-refractivity contribution in [3.63, 3.8) is 0 Å². The van der Waals surface area contributed by atoms with Gasteiger partial charge in [-0.2, -0.15) is 5.26 Å². The number of carbonyl (C=O) groups is 1. The Morgan fingerprint density at radius 1 is 1.27 bits per heavy atom. The van der Waals surface area contributed by atoms with Crippen LogP contribution in [0, 0.1) is 11.3 Å². The molecule has 3 rings (SSSR count). The summed E-state index contributed by atoms with van der Waals surface area (Å²) in [5, 5.41) is 13.1. The molecule has 0 saturated carbocycles. The summed E-state index contributed by atoms with van der Waals surface area (Å²) in [6.45, 7) is 14.8. The van der Waals surface area contributed by atoms with Gasteiger partial charge in [-0.05, 0) is 72.5 Å². The number of nitriles is 1.